The topological polar surface area (TPSA) is 79.0 Å². The third-order valence-corrected chi connectivity index (χ3v) is 8.26. The van der Waals surface area contributed by atoms with Crippen LogP contribution < -0.4 is 5.32 Å². The van der Waals surface area contributed by atoms with Crippen LogP contribution in [0.2, 0.25) is 5.02 Å². The summed E-state index contributed by atoms with van der Waals surface area (Å²) in [5.74, 6) is 0.354. The number of halogens is 1. The second-order valence-electron chi connectivity index (χ2n) is 8.43. The molecule has 28 heavy (non-hydrogen) atoms. The minimum absolute atomic E-state index is 0.146. The van der Waals surface area contributed by atoms with Gasteiger partial charge in [-0.2, -0.15) is 4.31 Å². The van der Waals surface area contributed by atoms with Gasteiger partial charge in [-0.15, -0.1) is 0 Å². The van der Waals surface area contributed by atoms with Gasteiger partial charge in [0.1, 0.15) is 10.9 Å². The number of carbonyl (C=O) groups excluding carboxylic acids is 1. The molecule has 1 N–H and O–H groups in total. The van der Waals surface area contributed by atoms with Crippen molar-refractivity contribution in [3.8, 4) is 0 Å². The molecule has 0 radical (unpaired) electrons. The third-order valence-electron chi connectivity index (χ3n) is 5.71. The number of nitrogens with zero attached hydrogens (tertiary/aromatic N) is 2. The fraction of sp³-hybridized carbons (Fsp3) is 0.632. The van der Waals surface area contributed by atoms with Crippen LogP contribution in [-0.4, -0.2) is 66.8 Å². The number of fused-ring (bicyclic) bond motifs is 1. The van der Waals surface area contributed by atoms with Gasteiger partial charge in [-0.25, -0.2) is 13.2 Å². The highest BCUT2D eigenvalue weighted by Crippen LogP contribution is 2.47. The number of likely N-dealkylation sites (tertiary alicyclic amines) is 1. The van der Waals surface area contributed by atoms with E-state index in [0.717, 1.165) is 5.56 Å². The molecule has 3 aliphatic rings. The molecule has 3 atom stereocenters. The van der Waals surface area contributed by atoms with E-state index < -0.39 is 20.9 Å². The molecule has 1 aromatic rings. The highest BCUT2D eigenvalue weighted by Gasteiger charge is 2.65. The summed E-state index contributed by atoms with van der Waals surface area (Å²) in [5.41, 5.74) is -0.0125. The number of hydrogen-bond donors (Lipinski definition) is 1. The first-order chi connectivity index (χ1) is 13.2. The molecule has 0 unspecified atom stereocenters. The largest absolute Gasteiger partial charge is 0.365 e. The molecule has 154 valence electrons. The molecule has 2 bridgehead atoms. The van der Waals surface area contributed by atoms with E-state index in [1.54, 1.807) is 17.0 Å². The normalized spacial score (nSPS) is 31.2. The Morgan fingerprint density at radius 1 is 1.39 bits per heavy atom. The number of sulfonamides is 1. The van der Waals surface area contributed by atoms with Crippen molar-refractivity contribution in [2.75, 3.05) is 26.2 Å². The molecular weight excluding hydrogens is 402 g/mol. The van der Waals surface area contributed by atoms with Crippen molar-refractivity contribution in [2.45, 2.75) is 43.8 Å². The highest BCUT2D eigenvalue weighted by molar-refractivity contribution is 7.90. The van der Waals surface area contributed by atoms with Crippen LogP contribution in [0.15, 0.2) is 24.3 Å². The standard InChI is InChI=1S/C19H26ClN3O4S/c1-13(2)8-21-18(24)22-10-16-7-17-19(11-22,27-16)12-23(28(17,25)26)9-14-4-3-5-15(20)6-14/h3-6,13,16-17H,7-12H2,1-2H3,(H,21,24)/t16-,17+,19+/m0/s1. The number of rotatable bonds is 4. The number of hydrogen-bond acceptors (Lipinski definition) is 4. The summed E-state index contributed by atoms with van der Waals surface area (Å²) in [5, 5.41) is 2.90. The lowest BCUT2D eigenvalue weighted by atomic mass is 9.99. The van der Waals surface area contributed by atoms with E-state index in [1.165, 1.54) is 4.31 Å². The highest BCUT2D eigenvalue weighted by atomic mass is 35.5. The number of nitrogens with one attached hydrogen (secondary N) is 1. The fourth-order valence-electron chi connectivity index (χ4n) is 4.49. The van der Waals surface area contributed by atoms with E-state index >= 15 is 0 Å². The Bertz CT molecular complexity index is 878. The Labute approximate surface area is 171 Å². The molecule has 3 saturated heterocycles. The summed E-state index contributed by atoms with van der Waals surface area (Å²) in [7, 11) is -3.51. The van der Waals surface area contributed by atoms with Gasteiger partial charge in [0, 0.05) is 31.2 Å². The second-order valence-corrected chi connectivity index (χ2v) is 11.0. The van der Waals surface area contributed by atoms with Gasteiger partial charge in [0.05, 0.1) is 12.6 Å². The molecular formula is C19H26ClN3O4S. The van der Waals surface area contributed by atoms with E-state index in [4.69, 9.17) is 16.3 Å². The number of carbonyl (C=O) groups is 1. The Hall–Kier alpha value is -1.35. The molecule has 1 aromatic carbocycles. The Morgan fingerprint density at radius 2 is 2.18 bits per heavy atom. The predicted octanol–water partition coefficient (Wildman–Crippen LogP) is 2.06. The molecule has 3 aliphatic heterocycles. The SMILES string of the molecule is CC(C)CNC(=O)N1C[C@@H]2C[C@@H]3[C@@](C1)(CN(Cc1cccc(Cl)c1)S3(=O)=O)O2. The first kappa shape index (κ1) is 19.9. The average Bonchev–Trinajstić information content (AvgIpc) is 2.98. The number of morpholine rings is 1. The Kier molecular flexibility index (Phi) is 5.10. The van der Waals surface area contributed by atoms with Gasteiger partial charge >= 0.3 is 6.03 Å². The molecule has 4 rings (SSSR count). The van der Waals surface area contributed by atoms with Crippen molar-refractivity contribution in [1.82, 2.24) is 14.5 Å². The van der Waals surface area contributed by atoms with Crippen LogP contribution in [0.5, 0.6) is 0 Å². The van der Waals surface area contributed by atoms with Crippen LogP contribution in [0.25, 0.3) is 0 Å². The molecule has 3 fully saturated rings. The first-order valence-corrected chi connectivity index (χ1v) is 11.5. The molecule has 0 aromatic heterocycles. The summed E-state index contributed by atoms with van der Waals surface area (Å²) in [4.78, 5) is 14.3. The lowest BCUT2D eigenvalue weighted by Gasteiger charge is -2.39. The summed E-state index contributed by atoms with van der Waals surface area (Å²) in [6, 6.07) is 7.07. The zero-order chi connectivity index (χ0) is 20.1. The summed E-state index contributed by atoms with van der Waals surface area (Å²) >= 11 is 6.04. The number of urea groups is 1. The summed E-state index contributed by atoms with van der Waals surface area (Å²) in [6.07, 6.45) is 0.203. The number of ether oxygens (including phenoxy) is 1. The summed E-state index contributed by atoms with van der Waals surface area (Å²) < 4.78 is 34.0. The fourth-order valence-corrected chi connectivity index (χ4v) is 6.99. The van der Waals surface area contributed by atoms with Gasteiger partial charge in [0.25, 0.3) is 0 Å². The maximum absolute atomic E-state index is 13.2. The van der Waals surface area contributed by atoms with Crippen molar-refractivity contribution in [3.05, 3.63) is 34.9 Å². The molecule has 7 nitrogen and oxygen atoms in total. The maximum atomic E-state index is 13.2. The minimum atomic E-state index is -3.51. The van der Waals surface area contributed by atoms with Crippen LogP contribution >= 0.6 is 11.6 Å². The molecule has 0 saturated carbocycles. The molecule has 0 aliphatic carbocycles. The van der Waals surface area contributed by atoms with Gasteiger partial charge in [-0.3, -0.25) is 0 Å². The third kappa shape index (κ3) is 3.51. The van der Waals surface area contributed by atoms with Crippen molar-refractivity contribution in [2.24, 2.45) is 5.92 Å². The van der Waals surface area contributed by atoms with Crippen molar-refractivity contribution in [3.63, 3.8) is 0 Å². The molecule has 9 heteroatoms. The lowest BCUT2D eigenvalue weighted by molar-refractivity contribution is -0.0958. The van der Waals surface area contributed by atoms with Gasteiger partial charge in [0.2, 0.25) is 10.0 Å². The van der Waals surface area contributed by atoms with Crippen LogP contribution in [0.3, 0.4) is 0 Å². The van der Waals surface area contributed by atoms with Crippen molar-refractivity contribution >= 4 is 27.7 Å². The van der Waals surface area contributed by atoms with Crippen LogP contribution in [0.1, 0.15) is 25.8 Å². The van der Waals surface area contributed by atoms with E-state index in [-0.39, 0.29) is 25.2 Å². The first-order valence-electron chi connectivity index (χ1n) is 9.64. The van der Waals surface area contributed by atoms with E-state index in [9.17, 15) is 13.2 Å². The average molecular weight is 428 g/mol. The van der Waals surface area contributed by atoms with Gasteiger partial charge in [-0.1, -0.05) is 37.6 Å². The predicted molar refractivity (Wildman–Crippen MR) is 107 cm³/mol. The molecule has 3 heterocycles. The van der Waals surface area contributed by atoms with E-state index in [0.29, 0.717) is 37.0 Å². The van der Waals surface area contributed by atoms with Crippen molar-refractivity contribution in [1.29, 1.82) is 0 Å². The number of amides is 2. The van der Waals surface area contributed by atoms with Gasteiger partial charge in [-0.05, 0) is 30.0 Å². The monoisotopic (exact) mass is 427 g/mol. The van der Waals surface area contributed by atoms with Crippen LogP contribution in [0, 0.1) is 5.92 Å². The van der Waals surface area contributed by atoms with E-state index in [1.807, 2.05) is 26.0 Å². The van der Waals surface area contributed by atoms with Gasteiger partial charge in [0.15, 0.2) is 0 Å². The Balaban J connectivity index is 1.53. The zero-order valence-corrected chi connectivity index (χ0v) is 17.7. The molecule has 1 spiro atoms. The van der Waals surface area contributed by atoms with Gasteiger partial charge < -0.3 is 15.0 Å². The van der Waals surface area contributed by atoms with Crippen LogP contribution in [-0.2, 0) is 21.3 Å². The lowest BCUT2D eigenvalue weighted by Crippen LogP contribution is -2.58. The second kappa shape index (κ2) is 7.16. The summed E-state index contributed by atoms with van der Waals surface area (Å²) in [6.45, 7) is 5.92. The van der Waals surface area contributed by atoms with Crippen LogP contribution in [0.4, 0.5) is 4.79 Å². The minimum Gasteiger partial charge on any atom is -0.365 e. The quantitative estimate of drug-likeness (QED) is 0.797. The molecule has 2 amide bonds. The maximum Gasteiger partial charge on any atom is 0.317 e. The van der Waals surface area contributed by atoms with E-state index in [2.05, 4.69) is 5.32 Å². The number of benzene rings is 1. The zero-order valence-electron chi connectivity index (χ0n) is 16.1. The Morgan fingerprint density at radius 3 is 2.89 bits per heavy atom. The smallest absolute Gasteiger partial charge is 0.317 e. The van der Waals surface area contributed by atoms with Crippen molar-refractivity contribution < 1.29 is 17.9 Å².